The number of Topliss-reactive ketones (excluding diaryl/α,β-unsaturated/α-hetero) is 2. The first-order valence-electron chi connectivity index (χ1n) is 13.8. The molecule has 4 aromatic carbocycles. The number of hydrogen-bond donors (Lipinski definition) is 0. The van der Waals surface area contributed by atoms with Crippen molar-refractivity contribution in [2.24, 2.45) is 0 Å². The Morgan fingerprint density at radius 2 is 1.02 bits per heavy atom. The van der Waals surface area contributed by atoms with Crippen molar-refractivity contribution in [1.82, 2.24) is 0 Å². The number of benzene rings is 4. The highest BCUT2D eigenvalue weighted by molar-refractivity contribution is 6.50. The third-order valence-electron chi connectivity index (χ3n) is 7.56. The van der Waals surface area contributed by atoms with Gasteiger partial charge in [0.2, 0.25) is 25.2 Å². The van der Waals surface area contributed by atoms with Crippen LogP contribution in [0.3, 0.4) is 0 Å². The van der Waals surface area contributed by atoms with Crippen LogP contribution in [0.2, 0.25) is 0 Å². The fourth-order valence-corrected chi connectivity index (χ4v) is 5.28. The van der Waals surface area contributed by atoms with Gasteiger partial charge in [-0.3, -0.25) is 9.59 Å². The third-order valence-corrected chi connectivity index (χ3v) is 7.56. The van der Waals surface area contributed by atoms with E-state index in [2.05, 4.69) is 0 Å². The Bertz CT molecular complexity index is 1720. The number of methoxy groups -OCH3 is 4. The average Bonchev–Trinajstić information content (AvgIpc) is 3.73. The topological polar surface area (TPSA) is 108 Å². The largest absolute Gasteiger partial charge is 0.497 e. The zero-order chi connectivity index (χ0) is 30.8. The summed E-state index contributed by atoms with van der Waals surface area (Å²) < 4.78 is 44.2. The maximum atomic E-state index is 14.0. The molecule has 4 aromatic rings. The summed E-state index contributed by atoms with van der Waals surface area (Å²) in [6, 6.07) is 17.4. The van der Waals surface area contributed by atoms with Crippen molar-refractivity contribution in [2.75, 3.05) is 42.0 Å². The Labute approximate surface area is 253 Å². The van der Waals surface area contributed by atoms with Crippen LogP contribution in [0, 0.1) is 0 Å². The van der Waals surface area contributed by atoms with E-state index in [4.69, 9.17) is 37.9 Å². The van der Waals surface area contributed by atoms with Crippen molar-refractivity contribution in [2.45, 2.75) is 12.8 Å². The van der Waals surface area contributed by atoms with E-state index >= 15 is 0 Å². The minimum Gasteiger partial charge on any atom is -0.497 e. The van der Waals surface area contributed by atoms with Crippen molar-refractivity contribution < 1.29 is 47.5 Å². The monoisotopic (exact) mass is 598 g/mol. The number of ether oxygens (including phenoxy) is 8. The smallest absolute Gasteiger partial charge is 0.234 e. The van der Waals surface area contributed by atoms with Crippen molar-refractivity contribution in [3.63, 3.8) is 0 Å². The first kappa shape index (κ1) is 28.7. The van der Waals surface area contributed by atoms with Gasteiger partial charge in [-0.15, -0.1) is 0 Å². The van der Waals surface area contributed by atoms with Crippen molar-refractivity contribution in [3.8, 4) is 57.1 Å². The second-order valence-electron chi connectivity index (χ2n) is 10.1. The molecule has 0 unspecified atom stereocenters. The van der Waals surface area contributed by atoms with E-state index in [0.29, 0.717) is 70.0 Å². The van der Waals surface area contributed by atoms with Gasteiger partial charge in [-0.25, -0.2) is 0 Å². The minimum atomic E-state index is -0.729. The predicted molar refractivity (Wildman–Crippen MR) is 159 cm³/mol. The van der Waals surface area contributed by atoms with Crippen LogP contribution in [-0.2, 0) is 12.8 Å². The van der Waals surface area contributed by atoms with E-state index in [9.17, 15) is 9.59 Å². The number of aryl methyl sites for hydroxylation is 2. The lowest BCUT2D eigenvalue weighted by Crippen LogP contribution is -2.16. The molecule has 226 valence electrons. The molecule has 0 saturated carbocycles. The highest BCUT2D eigenvalue weighted by atomic mass is 16.7. The van der Waals surface area contributed by atoms with Crippen LogP contribution in [0.5, 0.6) is 46.0 Å². The molecule has 2 aliphatic rings. The summed E-state index contributed by atoms with van der Waals surface area (Å²) in [7, 11) is 6.16. The molecule has 0 radical (unpaired) electrons. The summed E-state index contributed by atoms with van der Waals surface area (Å²) in [5.41, 5.74) is 3.35. The van der Waals surface area contributed by atoms with E-state index in [1.54, 1.807) is 32.4 Å². The molecular weight excluding hydrogens is 568 g/mol. The number of carbonyl (C=O) groups excluding carboxylic acids is 2. The SMILES string of the molecule is COc1cc(CCc2cc3c(cc2-c2cc4c(cc2C(=O)C(=O)c2cc(OC)cc(OC)c2)OCO4)OCO3)cc(OC)c1. The molecule has 0 saturated heterocycles. The van der Waals surface area contributed by atoms with Crippen LogP contribution < -0.4 is 37.9 Å². The lowest BCUT2D eigenvalue weighted by Gasteiger charge is -2.16. The molecule has 2 heterocycles. The standard InChI is InChI=1S/C34H30O10/c1-37-22-7-19(8-23(12-22)38-2)5-6-20-11-29-30(42-17-41-29)14-26(20)27-15-31-32(44-18-43-31)16-28(27)34(36)33(35)21-9-24(39-3)13-25(10-21)40-4/h7-16H,5-6,17-18H2,1-4H3. The van der Waals surface area contributed by atoms with Crippen LogP contribution >= 0.6 is 0 Å². The normalized spacial score (nSPS) is 12.5. The zero-order valence-electron chi connectivity index (χ0n) is 24.7. The second-order valence-corrected chi connectivity index (χ2v) is 10.1. The van der Waals surface area contributed by atoms with E-state index in [-0.39, 0.29) is 24.7 Å². The van der Waals surface area contributed by atoms with Crippen molar-refractivity contribution >= 4 is 11.6 Å². The molecule has 0 bridgehead atoms. The molecule has 6 rings (SSSR count). The first-order valence-corrected chi connectivity index (χ1v) is 13.8. The molecule has 0 amide bonds. The number of rotatable bonds is 11. The fraction of sp³-hybridized carbons (Fsp3) is 0.235. The van der Waals surface area contributed by atoms with Gasteiger partial charge in [-0.05, 0) is 83.6 Å². The van der Waals surface area contributed by atoms with E-state index in [1.165, 1.54) is 26.4 Å². The van der Waals surface area contributed by atoms with E-state index < -0.39 is 11.6 Å². The summed E-state index contributed by atoms with van der Waals surface area (Å²) in [6.45, 7) is 0.0769. The van der Waals surface area contributed by atoms with Crippen molar-refractivity contribution in [1.29, 1.82) is 0 Å². The quantitative estimate of drug-likeness (QED) is 0.158. The summed E-state index contributed by atoms with van der Waals surface area (Å²) in [5.74, 6) is 2.65. The first-order chi connectivity index (χ1) is 21.4. The molecule has 0 fully saturated rings. The Kier molecular flexibility index (Phi) is 7.89. The van der Waals surface area contributed by atoms with E-state index in [0.717, 1.165) is 11.1 Å². The Morgan fingerprint density at radius 1 is 0.545 bits per heavy atom. The van der Waals surface area contributed by atoms with Gasteiger partial charge in [0.05, 0.1) is 28.4 Å². The zero-order valence-corrected chi connectivity index (χ0v) is 24.7. The fourth-order valence-electron chi connectivity index (χ4n) is 5.28. The summed E-state index contributed by atoms with van der Waals surface area (Å²) >= 11 is 0. The molecule has 0 aliphatic carbocycles. The van der Waals surface area contributed by atoms with Gasteiger partial charge in [0, 0.05) is 23.3 Å². The lowest BCUT2D eigenvalue weighted by atomic mass is 9.88. The predicted octanol–water partition coefficient (Wildman–Crippen LogP) is 5.70. The molecule has 0 N–H and O–H groups in total. The van der Waals surface area contributed by atoms with Gasteiger partial charge in [0.1, 0.15) is 23.0 Å². The molecule has 0 spiro atoms. The van der Waals surface area contributed by atoms with Crippen LogP contribution in [0.4, 0.5) is 0 Å². The molecule has 0 aromatic heterocycles. The molecule has 10 nitrogen and oxygen atoms in total. The average molecular weight is 599 g/mol. The number of ketones is 2. The summed E-state index contributed by atoms with van der Waals surface area (Å²) in [4.78, 5) is 27.7. The molecule has 44 heavy (non-hydrogen) atoms. The van der Waals surface area contributed by atoms with Gasteiger partial charge in [-0.2, -0.15) is 0 Å². The van der Waals surface area contributed by atoms with Gasteiger partial charge in [0.25, 0.3) is 0 Å². The van der Waals surface area contributed by atoms with Crippen molar-refractivity contribution in [3.05, 3.63) is 82.9 Å². The van der Waals surface area contributed by atoms with Gasteiger partial charge in [0.15, 0.2) is 23.0 Å². The third kappa shape index (κ3) is 5.54. The Morgan fingerprint density at radius 3 is 1.57 bits per heavy atom. The van der Waals surface area contributed by atoms with Gasteiger partial charge < -0.3 is 37.9 Å². The number of hydrogen-bond acceptors (Lipinski definition) is 10. The van der Waals surface area contributed by atoms with Crippen LogP contribution in [-0.4, -0.2) is 53.6 Å². The van der Waals surface area contributed by atoms with Crippen LogP contribution in [0.1, 0.15) is 31.8 Å². The molecule has 0 atom stereocenters. The van der Waals surface area contributed by atoms with Crippen LogP contribution in [0.15, 0.2) is 60.7 Å². The number of fused-ring (bicyclic) bond motifs is 2. The Balaban J connectivity index is 1.44. The highest BCUT2D eigenvalue weighted by Crippen LogP contribution is 2.44. The Hall–Kier alpha value is -5.38. The molecule has 10 heteroatoms. The maximum Gasteiger partial charge on any atom is 0.234 e. The van der Waals surface area contributed by atoms with E-state index in [1.807, 2.05) is 30.3 Å². The number of carbonyl (C=O) groups is 2. The molecular formula is C34H30O10. The maximum absolute atomic E-state index is 14.0. The van der Waals surface area contributed by atoms with Gasteiger partial charge in [-0.1, -0.05) is 0 Å². The second kappa shape index (κ2) is 12.1. The molecule has 2 aliphatic heterocycles. The van der Waals surface area contributed by atoms with Gasteiger partial charge >= 0.3 is 0 Å². The summed E-state index contributed by atoms with van der Waals surface area (Å²) in [5, 5.41) is 0. The lowest BCUT2D eigenvalue weighted by molar-refractivity contribution is 0.0817. The highest BCUT2D eigenvalue weighted by Gasteiger charge is 2.29. The van der Waals surface area contributed by atoms with Crippen LogP contribution in [0.25, 0.3) is 11.1 Å². The minimum absolute atomic E-state index is 0.000877. The summed E-state index contributed by atoms with van der Waals surface area (Å²) in [6.07, 6.45) is 1.18.